The van der Waals surface area contributed by atoms with Crippen LogP contribution in [0.4, 0.5) is 0 Å². The van der Waals surface area contributed by atoms with Crippen molar-refractivity contribution in [2.75, 3.05) is 20.3 Å². The second-order valence-corrected chi connectivity index (χ2v) is 10.1. The minimum atomic E-state index is -0.766. The normalized spacial score (nSPS) is 15.4. The van der Waals surface area contributed by atoms with Gasteiger partial charge in [-0.05, 0) is 72.1 Å². The van der Waals surface area contributed by atoms with E-state index in [1.807, 2.05) is 19.1 Å². The van der Waals surface area contributed by atoms with Crippen molar-refractivity contribution < 1.29 is 19.0 Å². The Kier molecular flexibility index (Phi) is 8.02. The summed E-state index contributed by atoms with van der Waals surface area (Å²) in [4.78, 5) is 31.8. The van der Waals surface area contributed by atoms with Crippen LogP contribution in [0.5, 0.6) is 11.5 Å². The van der Waals surface area contributed by atoms with E-state index in [4.69, 9.17) is 25.8 Å². The van der Waals surface area contributed by atoms with Gasteiger partial charge in [-0.2, -0.15) is 0 Å². The first-order valence-corrected chi connectivity index (χ1v) is 13.2. The molecule has 188 valence electrons. The van der Waals surface area contributed by atoms with Gasteiger partial charge in [0.25, 0.3) is 5.56 Å². The molecule has 2 aromatic carbocycles. The maximum Gasteiger partial charge on any atom is 0.338 e. The van der Waals surface area contributed by atoms with Crippen LogP contribution < -0.4 is 24.4 Å². The van der Waals surface area contributed by atoms with Crippen molar-refractivity contribution in [2.24, 2.45) is 4.99 Å². The van der Waals surface area contributed by atoms with E-state index < -0.39 is 12.0 Å². The van der Waals surface area contributed by atoms with Gasteiger partial charge in [0.1, 0.15) is 6.04 Å². The number of allylic oxidation sites excluding steroid dienone is 1. The monoisotopic (exact) mass is 590 g/mol. The summed E-state index contributed by atoms with van der Waals surface area (Å²) in [7, 11) is 1.56. The number of halogens is 2. The maximum atomic E-state index is 13.8. The number of thiazole rings is 1. The fourth-order valence-corrected chi connectivity index (χ4v) is 5.90. The van der Waals surface area contributed by atoms with Gasteiger partial charge in [-0.3, -0.25) is 9.36 Å². The SMILES string of the molecule is CCOC(=O)C1=C(C)N=c2s/c(=C/c3cc(Br)c(OCC)c(OC)c3)c(=O)n2[C@@H]1c1ccccc1Cl. The maximum absolute atomic E-state index is 13.8. The Hall–Kier alpha value is -2.88. The van der Waals surface area contributed by atoms with Crippen LogP contribution in [-0.2, 0) is 9.53 Å². The number of rotatable bonds is 7. The first-order valence-electron chi connectivity index (χ1n) is 11.2. The number of hydrogen-bond acceptors (Lipinski definition) is 7. The van der Waals surface area contributed by atoms with E-state index >= 15 is 0 Å². The molecule has 1 aromatic heterocycles. The molecule has 0 fully saturated rings. The zero-order valence-corrected chi connectivity index (χ0v) is 23.3. The highest BCUT2D eigenvalue weighted by Crippen LogP contribution is 2.37. The molecule has 0 radical (unpaired) electrons. The first kappa shape index (κ1) is 26.2. The molecule has 4 rings (SSSR count). The van der Waals surface area contributed by atoms with Crippen molar-refractivity contribution in [1.82, 2.24) is 4.57 Å². The van der Waals surface area contributed by atoms with Crippen LogP contribution in [-0.4, -0.2) is 30.9 Å². The third-order valence-electron chi connectivity index (χ3n) is 5.56. The Balaban J connectivity index is 1.94. The summed E-state index contributed by atoms with van der Waals surface area (Å²) in [5.74, 6) is 0.602. The Bertz CT molecular complexity index is 1540. The second kappa shape index (κ2) is 11.0. The molecule has 0 spiro atoms. The minimum Gasteiger partial charge on any atom is -0.493 e. The summed E-state index contributed by atoms with van der Waals surface area (Å²) in [5.41, 5.74) is 1.84. The molecule has 2 heterocycles. The van der Waals surface area contributed by atoms with Gasteiger partial charge in [0, 0.05) is 5.02 Å². The summed E-state index contributed by atoms with van der Waals surface area (Å²) >= 11 is 11.3. The standard InChI is InChI=1S/C26H24BrClN2O5S/c1-5-34-23-17(27)11-15(12-19(23)33-4)13-20-24(31)30-22(16-9-7-8-10-18(16)28)21(25(32)35-6-2)14(3)29-26(30)36-20/h7-13,22H,5-6H2,1-4H3/b20-13+/t22-/m1/s1. The molecule has 0 saturated carbocycles. The highest BCUT2D eigenvalue weighted by molar-refractivity contribution is 9.10. The lowest BCUT2D eigenvalue weighted by atomic mass is 9.96. The van der Waals surface area contributed by atoms with E-state index in [1.54, 1.807) is 51.3 Å². The molecular weight excluding hydrogens is 568 g/mol. The van der Waals surface area contributed by atoms with E-state index in [9.17, 15) is 9.59 Å². The van der Waals surface area contributed by atoms with Gasteiger partial charge in [-0.25, -0.2) is 9.79 Å². The number of nitrogens with zero attached hydrogens (tertiary/aromatic N) is 2. The molecule has 1 aliphatic heterocycles. The van der Waals surface area contributed by atoms with Crippen LogP contribution >= 0.6 is 38.9 Å². The topological polar surface area (TPSA) is 79.1 Å². The van der Waals surface area contributed by atoms with Crippen LogP contribution in [0.2, 0.25) is 5.02 Å². The van der Waals surface area contributed by atoms with Crippen LogP contribution in [0.15, 0.2) is 61.9 Å². The van der Waals surface area contributed by atoms with E-state index in [0.717, 1.165) is 5.56 Å². The second-order valence-electron chi connectivity index (χ2n) is 7.79. The third kappa shape index (κ3) is 4.87. The van der Waals surface area contributed by atoms with Crippen LogP contribution in [0.3, 0.4) is 0 Å². The molecule has 36 heavy (non-hydrogen) atoms. The molecule has 7 nitrogen and oxygen atoms in total. The molecular formula is C26H24BrClN2O5S. The van der Waals surface area contributed by atoms with E-state index in [1.165, 1.54) is 15.9 Å². The molecule has 0 aliphatic carbocycles. The lowest BCUT2D eigenvalue weighted by Gasteiger charge is -2.25. The molecule has 0 N–H and O–H groups in total. The zero-order valence-electron chi connectivity index (χ0n) is 20.1. The van der Waals surface area contributed by atoms with Gasteiger partial charge >= 0.3 is 5.97 Å². The molecule has 0 saturated heterocycles. The number of benzene rings is 2. The first-order chi connectivity index (χ1) is 17.3. The fraction of sp³-hybridized carbons (Fsp3) is 0.269. The largest absolute Gasteiger partial charge is 0.493 e. The molecule has 0 unspecified atom stereocenters. The predicted molar refractivity (Wildman–Crippen MR) is 144 cm³/mol. The van der Waals surface area contributed by atoms with Crippen molar-refractivity contribution in [3.8, 4) is 11.5 Å². The van der Waals surface area contributed by atoms with Gasteiger partial charge in [-0.15, -0.1) is 0 Å². The van der Waals surface area contributed by atoms with Gasteiger partial charge in [0.15, 0.2) is 16.3 Å². The quantitative estimate of drug-likeness (QED) is 0.375. The minimum absolute atomic E-state index is 0.198. The number of aromatic nitrogens is 1. The number of esters is 1. The average Bonchev–Trinajstić information content (AvgIpc) is 3.14. The number of carbonyl (C=O) groups excluding carboxylic acids is 1. The fourth-order valence-electron chi connectivity index (χ4n) is 4.04. The summed E-state index contributed by atoms with van der Waals surface area (Å²) in [5, 5.41) is 0.439. The zero-order chi connectivity index (χ0) is 26.0. The van der Waals surface area contributed by atoms with Gasteiger partial charge in [0.2, 0.25) is 0 Å². The van der Waals surface area contributed by atoms with Crippen molar-refractivity contribution in [1.29, 1.82) is 0 Å². The molecule has 10 heteroatoms. The van der Waals surface area contributed by atoms with Crippen LogP contribution in [0.25, 0.3) is 6.08 Å². The number of fused-ring (bicyclic) bond motifs is 1. The number of carbonyl (C=O) groups is 1. The van der Waals surface area contributed by atoms with Crippen molar-refractivity contribution in [3.63, 3.8) is 0 Å². The van der Waals surface area contributed by atoms with Gasteiger partial charge < -0.3 is 14.2 Å². The molecule has 0 amide bonds. The van der Waals surface area contributed by atoms with Crippen LogP contribution in [0, 0.1) is 0 Å². The van der Waals surface area contributed by atoms with Crippen LogP contribution in [0.1, 0.15) is 37.9 Å². The van der Waals surface area contributed by atoms with E-state index in [-0.39, 0.29) is 17.7 Å². The summed E-state index contributed by atoms with van der Waals surface area (Å²) in [6, 6.07) is 10.0. The van der Waals surface area contributed by atoms with E-state index in [2.05, 4.69) is 20.9 Å². The van der Waals surface area contributed by atoms with Crippen molar-refractivity contribution >= 4 is 50.9 Å². The molecule has 0 bridgehead atoms. The number of hydrogen-bond donors (Lipinski definition) is 0. The molecule has 1 atom stereocenters. The summed E-state index contributed by atoms with van der Waals surface area (Å²) < 4.78 is 19.1. The average molecular weight is 592 g/mol. The lowest BCUT2D eigenvalue weighted by Crippen LogP contribution is -2.40. The Morgan fingerprint density at radius 1 is 1.25 bits per heavy atom. The third-order valence-corrected chi connectivity index (χ3v) is 7.47. The summed E-state index contributed by atoms with van der Waals surface area (Å²) in [6.07, 6.45) is 1.76. The van der Waals surface area contributed by atoms with Gasteiger partial charge in [-0.1, -0.05) is 41.1 Å². The Morgan fingerprint density at radius 3 is 2.67 bits per heavy atom. The van der Waals surface area contributed by atoms with Gasteiger partial charge in [0.05, 0.1) is 40.6 Å². The van der Waals surface area contributed by atoms with E-state index in [0.29, 0.717) is 48.2 Å². The highest BCUT2D eigenvalue weighted by Gasteiger charge is 2.34. The predicted octanol–water partition coefficient (Wildman–Crippen LogP) is 4.62. The number of methoxy groups -OCH3 is 1. The molecule has 1 aliphatic rings. The summed E-state index contributed by atoms with van der Waals surface area (Å²) in [6.45, 7) is 6.04. The molecule has 3 aromatic rings. The number of ether oxygens (including phenoxy) is 3. The van der Waals surface area contributed by atoms with Crippen molar-refractivity contribution in [2.45, 2.75) is 26.8 Å². The smallest absolute Gasteiger partial charge is 0.338 e. The van der Waals surface area contributed by atoms with Crippen molar-refractivity contribution in [3.05, 3.63) is 88.0 Å². The Morgan fingerprint density at radius 2 is 2.00 bits per heavy atom. The highest BCUT2D eigenvalue weighted by atomic mass is 79.9. The lowest BCUT2D eigenvalue weighted by molar-refractivity contribution is -0.139. The Labute approximate surface area is 225 Å².